The van der Waals surface area contributed by atoms with E-state index in [0.717, 1.165) is 29.5 Å². The van der Waals surface area contributed by atoms with E-state index in [1.54, 1.807) is 6.08 Å². The molecule has 0 radical (unpaired) electrons. The van der Waals surface area contributed by atoms with E-state index >= 15 is 0 Å². The summed E-state index contributed by atoms with van der Waals surface area (Å²) in [6.45, 7) is 15.4. The second kappa shape index (κ2) is 13.6. The summed E-state index contributed by atoms with van der Waals surface area (Å²) in [6.07, 6.45) is 15.2. The SMILES string of the molecule is C=Cc1c(/C=C\C)c(CC(/C=C\C)=C/C)cn1C1CC(OC(C)=O)CC(C=O)O1.CC. The quantitative estimate of drug-likeness (QED) is 0.287. The molecule has 1 saturated heterocycles. The number of hydrogen-bond acceptors (Lipinski definition) is 4. The third kappa shape index (κ3) is 7.21. The molecule has 2 rings (SSSR count). The Morgan fingerprint density at radius 2 is 1.97 bits per heavy atom. The van der Waals surface area contributed by atoms with Gasteiger partial charge in [0.1, 0.15) is 24.7 Å². The molecule has 31 heavy (non-hydrogen) atoms. The first-order valence-corrected chi connectivity index (χ1v) is 11.0. The summed E-state index contributed by atoms with van der Waals surface area (Å²) in [5.74, 6) is -0.351. The zero-order chi connectivity index (χ0) is 23.4. The van der Waals surface area contributed by atoms with Gasteiger partial charge in [-0.1, -0.05) is 50.8 Å². The zero-order valence-corrected chi connectivity index (χ0v) is 19.8. The number of ether oxygens (including phenoxy) is 2. The van der Waals surface area contributed by atoms with E-state index in [1.165, 1.54) is 12.5 Å². The lowest BCUT2D eigenvalue weighted by molar-refractivity contribution is -0.169. The average molecular weight is 428 g/mol. The molecule has 0 aromatic carbocycles. The van der Waals surface area contributed by atoms with Crippen LogP contribution in [0.5, 0.6) is 0 Å². The van der Waals surface area contributed by atoms with Crippen LogP contribution in [0.25, 0.3) is 12.2 Å². The lowest BCUT2D eigenvalue weighted by Crippen LogP contribution is -2.37. The van der Waals surface area contributed by atoms with Crippen molar-refractivity contribution in [3.05, 3.63) is 59.5 Å². The van der Waals surface area contributed by atoms with E-state index < -0.39 is 12.3 Å². The monoisotopic (exact) mass is 427 g/mol. The predicted molar refractivity (Wildman–Crippen MR) is 128 cm³/mol. The molecule has 0 spiro atoms. The van der Waals surface area contributed by atoms with Crippen molar-refractivity contribution >= 4 is 24.4 Å². The molecule has 2 heterocycles. The van der Waals surface area contributed by atoms with Crippen molar-refractivity contribution in [2.24, 2.45) is 0 Å². The summed E-state index contributed by atoms with van der Waals surface area (Å²) < 4.78 is 13.4. The van der Waals surface area contributed by atoms with Gasteiger partial charge in [0, 0.05) is 37.2 Å². The number of hydrogen-bond donors (Lipinski definition) is 0. The number of carbonyl (C=O) groups excluding carboxylic acids is 2. The maximum atomic E-state index is 11.4. The fourth-order valence-electron chi connectivity index (χ4n) is 3.75. The van der Waals surface area contributed by atoms with E-state index in [4.69, 9.17) is 9.47 Å². The fourth-order valence-corrected chi connectivity index (χ4v) is 3.75. The smallest absolute Gasteiger partial charge is 0.302 e. The molecule has 0 N–H and O–H groups in total. The number of carbonyl (C=O) groups is 2. The summed E-state index contributed by atoms with van der Waals surface area (Å²) >= 11 is 0. The highest BCUT2D eigenvalue weighted by Gasteiger charge is 2.33. The lowest BCUT2D eigenvalue weighted by Gasteiger charge is -2.34. The van der Waals surface area contributed by atoms with Crippen LogP contribution in [-0.2, 0) is 25.5 Å². The Hall–Kier alpha value is -2.66. The van der Waals surface area contributed by atoms with Crippen molar-refractivity contribution in [2.75, 3.05) is 0 Å². The predicted octanol–water partition coefficient (Wildman–Crippen LogP) is 6.06. The first-order valence-electron chi connectivity index (χ1n) is 11.0. The summed E-state index contributed by atoms with van der Waals surface area (Å²) in [6, 6.07) is 0. The summed E-state index contributed by atoms with van der Waals surface area (Å²) in [7, 11) is 0. The molecule has 1 aromatic heterocycles. The highest BCUT2D eigenvalue weighted by atomic mass is 16.6. The van der Waals surface area contributed by atoms with Gasteiger partial charge in [0.05, 0.1) is 0 Å². The Morgan fingerprint density at radius 1 is 1.26 bits per heavy atom. The number of aldehydes is 1. The molecule has 0 saturated carbocycles. The highest BCUT2D eigenvalue weighted by molar-refractivity contribution is 5.67. The van der Waals surface area contributed by atoms with Gasteiger partial charge in [-0.05, 0) is 44.4 Å². The van der Waals surface area contributed by atoms with Crippen molar-refractivity contribution in [1.29, 1.82) is 0 Å². The van der Waals surface area contributed by atoms with Crippen molar-refractivity contribution in [2.45, 2.75) is 79.2 Å². The maximum Gasteiger partial charge on any atom is 0.302 e. The number of esters is 1. The van der Waals surface area contributed by atoms with Crippen LogP contribution >= 0.6 is 0 Å². The summed E-state index contributed by atoms with van der Waals surface area (Å²) in [5, 5.41) is 0. The van der Waals surface area contributed by atoms with Gasteiger partial charge in [0.15, 0.2) is 0 Å². The molecular formula is C26H37NO4. The molecule has 170 valence electrons. The molecule has 1 aliphatic rings. The molecule has 1 aliphatic heterocycles. The molecular weight excluding hydrogens is 390 g/mol. The van der Waals surface area contributed by atoms with E-state index in [0.29, 0.717) is 12.8 Å². The molecule has 0 aliphatic carbocycles. The lowest BCUT2D eigenvalue weighted by atomic mass is 10.0. The van der Waals surface area contributed by atoms with Crippen LogP contribution in [0.2, 0.25) is 0 Å². The second-order valence-electron chi connectivity index (χ2n) is 7.07. The van der Waals surface area contributed by atoms with Gasteiger partial charge in [-0.15, -0.1) is 0 Å². The Kier molecular flexibility index (Phi) is 11.6. The minimum absolute atomic E-state index is 0.351. The first kappa shape index (κ1) is 26.4. The second-order valence-corrected chi connectivity index (χ2v) is 7.07. The van der Waals surface area contributed by atoms with E-state index in [9.17, 15) is 9.59 Å². The van der Waals surface area contributed by atoms with Crippen LogP contribution < -0.4 is 0 Å². The number of aromatic nitrogens is 1. The van der Waals surface area contributed by atoms with Crippen LogP contribution in [0, 0.1) is 0 Å². The normalized spacial score (nSPS) is 21.6. The van der Waals surface area contributed by atoms with E-state index in [1.807, 2.05) is 51.3 Å². The van der Waals surface area contributed by atoms with E-state index in [2.05, 4.69) is 31.0 Å². The summed E-state index contributed by atoms with van der Waals surface area (Å²) in [5.41, 5.74) is 4.35. The Balaban J connectivity index is 0.00000233. The van der Waals surface area contributed by atoms with Crippen molar-refractivity contribution < 1.29 is 19.1 Å². The zero-order valence-electron chi connectivity index (χ0n) is 19.8. The van der Waals surface area contributed by atoms with Crippen LogP contribution in [0.1, 0.15) is 77.4 Å². The minimum Gasteiger partial charge on any atom is -0.462 e. The standard InChI is InChI=1S/C24H31NO4.C2H6/c1-6-10-18(8-3)12-19-15-25(23(9-4)22(19)11-7-2)24-14-20(28-17(5)27)13-21(16-26)29-24;1-2/h6-11,15-16,20-21,24H,4,12-14H2,1-3,5H3;1-2H3/b10-6-,11-7-,18-8+;. The molecule has 5 heteroatoms. The molecule has 0 bridgehead atoms. The fraction of sp³-hybridized carbons (Fsp3) is 0.462. The topological polar surface area (TPSA) is 57.5 Å². The van der Waals surface area contributed by atoms with Crippen molar-refractivity contribution in [1.82, 2.24) is 4.57 Å². The molecule has 0 amide bonds. The summed E-state index contributed by atoms with van der Waals surface area (Å²) in [4.78, 5) is 22.9. The molecule has 1 aromatic rings. The Labute approximate surface area is 187 Å². The van der Waals surface area contributed by atoms with Gasteiger partial charge in [-0.25, -0.2) is 0 Å². The van der Waals surface area contributed by atoms with Gasteiger partial charge in [0.2, 0.25) is 0 Å². The van der Waals surface area contributed by atoms with E-state index in [-0.39, 0.29) is 12.1 Å². The average Bonchev–Trinajstić information content (AvgIpc) is 3.11. The van der Waals surface area contributed by atoms with Gasteiger partial charge in [-0.3, -0.25) is 4.79 Å². The van der Waals surface area contributed by atoms with Crippen LogP contribution in [0.3, 0.4) is 0 Å². The van der Waals surface area contributed by atoms with Crippen molar-refractivity contribution in [3.8, 4) is 0 Å². The molecule has 3 unspecified atom stereocenters. The van der Waals surface area contributed by atoms with Crippen LogP contribution in [0.15, 0.2) is 42.7 Å². The van der Waals surface area contributed by atoms with Crippen molar-refractivity contribution in [3.63, 3.8) is 0 Å². The number of allylic oxidation sites excluding steroid dienone is 5. The first-order chi connectivity index (χ1) is 15.0. The largest absolute Gasteiger partial charge is 0.462 e. The molecule has 1 fully saturated rings. The van der Waals surface area contributed by atoms with Gasteiger partial charge in [0.25, 0.3) is 0 Å². The molecule has 3 atom stereocenters. The van der Waals surface area contributed by atoms with Gasteiger partial charge < -0.3 is 18.8 Å². The molecule has 5 nitrogen and oxygen atoms in total. The number of nitrogens with zero attached hydrogens (tertiary/aromatic N) is 1. The third-order valence-electron chi connectivity index (χ3n) is 4.95. The van der Waals surface area contributed by atoms with Crippen LogP contribution in [-0.4, -0.2) is 29.0 Å². The Morgan fingerprint density at radius 3 is 2.48 bits per heavy atom. The van der Waals surface area contributed by atoms with Gasteiger partial charge in [-0.2, -0.15) is 0 Å². The highest BCUT2D eigenvalue weighted by Crippen LogP contribution is 2.34. The minimum atomic E-state index is -0.610. The van der Waals surface area contributed by atoms with Gasteiger partial charge >= 0.3 is 5.97 Å². The van der Waals surface area contributed by atoms with Crippen LogP contribution in [0.4, 0.5) is 0 Å². The third-order valence-corrected chi connectivity index (χ3v) is 4.95. The Bertz CT molecular complexity index is 829. The number of rotatable bonds is 8. The maximum absolute atomic E-state index is 11.4.